The molecule has 3 heterocycles. The first kappa shape index (κ1) is 52.4. The minimum absolute atomic E-state index is 0.107. The second-order valence-electron chi connectivity index (χ2n) is 23.3. The lowest BCUT2D eigenvalue weighted by atomic mass is 9.33. The van der Waals surface area contributed by atoms with Crippen molar-refractivity contribution in [2.75, 3.05) is 20.3 Å². The van der Waals surface area contributed by atoms with Crippen LogP contribution in [0.2, 0.25) is 0 Å². The van der Waals surface area contributed by atoms with Gasteiger partial charge in [0.15, 0.2) is 18.9 Å². The van der Waals surface area contributed by atoms with Crippen LogP contribution >= 0.6 is 0 Å². The van der Waals surface area contributed by atoms with Gasteiger partial charge in [-0.15, -0.1) is 0 Å². The number of carboxylic acid groups (broad SMARTS) is 1. The van der Waals surface area contributed by atoms with E-state index in [1.807, 2.05) is 6.92 Å². The van der Waals surface area contributed by atoms with Gasteiger partial charge in [0, 0.05) is 0 Å². The number of esters is 1. The summed E-state index contributed by atoms with van der Waals surface area (Å²) in [6, 6.07) is 0. The molecule has 0 spiro atoms. The van der Waals surface area contributed by atoms with Gasteiger partial charge in [0.05, 0.1) is 43.4 Å². The van der Waals surface area contributed by atoms with Crippen LogP contribution in [-0.2, 0) is 42.7 Å². The Morgan fingerprint density at radius 1 is 0.662 bits per heavy atom. The maximum absolute atomic E-state index is 13.3. The molecule has 24 atom stereocenters. The summed E-state index contributed by atoms with van der Waals surface area (Å²) in [6.45, 7) is 13.3. The van der Waals surface area contributed by atoms with Gasteiger partial charge in [-0.25, -0.2) is 0 Å². The summed E-state index contributed by atoms with van der Waals surface area (Å²) < 4.78 is 42.1. The fourth-order valence-corrected chi connectivity index (χ4v) is 15.3. The summed E-state index contributed by atoms with van der Waals surface area (Å²) in [5.41, 5.74) is -1.82. The van der Waals surface area contributed by atoms with Crippen molar-refractivity contribution in [1.82, 2.24) is 0 Å². The molecule has 8 aliphatic rings. The zero-order chi connectivity index (χ0) is 49.8. The van der Waals surface area contributed by atoms with Gasteiger partial charge in [-0.1, -0.05) is 46.3 Å². The minimum atomic E-state index is -1.85. The van der Waals surface area contributed by atoms with Gasteiger partial charge in [-0.05, 0) is 117 Å². The molecule has 0 unspecified atom stereocenters. The van der Waals surface area contributed by atoms with Gasteiger partial charge in [-0.2, -0.15) is 0 Å². The molecule has 19 heteroatoms. The van der Waals surface area contributed by atoms with Gasteiger partial charge >= 0.3 is 11.9 Å². The Hall–Kier alpha value is -1.92. The number of methoxy groups -OCH3 is 1. The molecule has 0 amide bonds. The number of carbonyl (C=O) groups is 2. The van der Waals surface area contributed by atoms with Gasteiger partial charge in [-0.3, -0.25) is 9.59 Å². The summed E-state index contributed by atoms with van der Waals surface area (Å²) in [5, 5.41) is 108. The molecule has 7 fully saturated rings. The molecule has 0 aromatic rings. The van der Waals surface area contributed by atoms with Crippen LogP contribution in [0.15, 0.2) is 11.6 Å². The van der Waals surface area contributed by atoms with E-state index in [0.717, 1.165) is 32.1 Å². The molecular formula is C49H78O19. The van der Waals surface area contributed by atoms with Crippen molar-refractivity contribution in [1.29, 1.82) is 0 Å². The van der Waals surface area contributed by atoms with E-state index in [-0.39, 0.29) is 40.0 Å². The lowest BCUT2D eigenvalue weighted by Gasteiger charge is -2.71. The monoisotopic (exact) mass is 971 g/mol. The number of aliphatic hydroxyl groups excluding tert-OH is 9. The summed E-state index contributed by atoms with van der Waals surface area (Å²) in [7, 11) is 1.39. The molecule has 0 aromatic heterocycles. The summed E-state index contributed by atoms with van der Waals surface area (Å²) in [4.78, 5) is 26.5. The van der Waals surface area contributed by atoms with E-state index in [1.165, 1.54) is 19.6 Å². The molecule has 0 aromatic carbocycles. The smallest absolute Gasteiger partial charge is 0.311 e. The van der Waals surface area contributed by atoms with E-state index in [0.29, 0.717) is 32.1 Å². The number of fused-ring (bicyclic) bond motifs is 7. The van der Waals surface area contributed by atoms with Gasteiger partial charge in [0.1, 0.15) is 67.1 Å². The topological polar surface area (TPSA) is 301 Å². The Morgan fingerprint density at radius 2 is 1.24 bits per heavy atom. The molecule has 4 saturated carbocycles. The predicted molar refractivity (Wildman–Crippen MR) is 236 cm³/mol. The van der Waals surface area contributed by atoms with Crippen molar-refractivity contribution in [2.24, 2.45) is 50.2 Å². The highest BCUT2D eigenvalue weighted by atomic mass is 16.8. The van der Waals surface area contributed by atoms with E-state index >= 15 is 0 Å². The van der Waals surface area contributed by atoms with Crippen LogP contribution in [0.1, 0.15) is 113 Å². The molecule has 5 aliphatic carbocycles. The quantitative estimate of drug-likeness (QED) is 0.0826. The number of aliphatic carboxylic acids is 1. The number of rotatable bonds is 10. The van der Waals surface area contributed by atoms with E-state index in [4.69, 9.17) is 33.2 Å². The molecule has 388 valence electrons. The first-order chi connectivity index (χ1) is 31.8. The number of allylic oxidation sites excluding steroid dienone is 2. The molecule has 10 N–H and O–H groups in total. The van der Waals surface area contributed by atoms with Crippen LogP contribution < -0.4 is 0 Å². The van der Waals surface area contributed by atoms with Crippen LogP contribution in [0.3, 0.4) is 0 Å². The molecule has 8 rings (SSSR count). The number of aliphatic hydroxyl groups is 9. The largest absolute Gasteiger partial charge is 0.481 e. The first-order valence-electron chi connectivity index (χ1n) is 24.7. The van der Waals surface area contributed by atoms with Gasteiger partial charge in [0.25, 0.3) is 0 Å². The lowest BCUT2D eigenvalue weighted by Crippen LogP contribution is -2.67. The normalized spacial score (nSPS) is 53.4. The molecule has 3 saturated heterocycles. The summed E-state index contributed by atoms with van der Waals surface area (Å²) >= 11 is 0. The van der Waals surface area contributed by atoms with Crippen LogP contribution in [-0.4, -0.2) is 182 Å². The Bertz CT molecular complexity index is 1900. The van der Waals surface area contributed by atoms with Crippen LogP contribution in [0.25, 0.3) is 0 Å². The standard InChI is InChI=1S/C49H78O19/c1-22-30(52)33(55)36(58)39(63-22)67-38-35(57)32(54)26(21-51)65-41(38)68-37-34(56)31(53)25(20-50)64-40(37)66-29-12-13-46(5)27(44(29,2)3)11-14-48(7)28(46)10-9-23-24-19-45(4,43(61)62-8)15-17-49(24,42(59)60)18-16-47(23,48)6/h9,22,24-41,50-58H,10-21H2,1-8H3,(H,59,60)/t22-,24-,25-,26-,27+,28+,29+,30+,31-,32+,33-,34+,35+,36-,37-,38-,39+,40-,41+,45+,46+,47-,48-,49-/m1/s1. The first-order valence-corrected chi connectivity index (χ1v) is 24.7. The molecule has 0 bridgehead atoms. The highest BCUT2D eigenvalue weighted by Crippen LogP contribution is 2.76. The van der Waals surface area contributed by atoms with E-state index in [9.17, 15) is 60.7 Å². The van der Waals surface area contributed by atoms with Gasteiger partial charge < -0.3 is 84.2 Å². The van der Waals surface area contributed by atoms with Crippen molar-refractivity contribution in [3.05, 3.63) is 11.6 Å². The second-order valence-corrected chi connectivity index (χ2v) is 23.3. The SMILES string of the molecule is COC(=O)[C@@]1(C)CC[C@@]2(C(=O)O)CC[C@]3(C)C(=CC[C@H]4[C@@]5(C)CC[C@H](O[C@H]6O[C@H](CO)[C@@H](O)[C@H](O)[C@H]6O[C@@H]6O[C@H](CO)[C@H](O)[C@H](O)[C@H]6O[C@@H]6O[C@H](C)[C@H](O)[C@@H](O)[C@H]6O)C(C)(C)[C@@H]5CC[C@]43C)[C@H]2C1. The van der Waals surface area contributed by atoms with Crippen molar-refractivity contribution in [3.63, 3.8) is 0 Å². The third-order valence-electron chi connectivity index (χ3n) is 19.8. The highest BCUT2D eigenvalue weighted by Gasteiger charge is 2.70. The van der Waals surface area contributed by atoms with Crippen LogP contribution in [0, 0.1) is 50.2 Å². The molecule has 0 radical (unpaired) electrons. The van der Waals surface area contributed by atoms with Crippen molar-refractivity contribution in [2.45, 2.75) is 211 Å². The van der Waals surface area contributed by atoms with Crippen molar-refractivity contribution in [3.8, 4) is 0 Å². The number of carboxylic acids is 1. The third kappa shape index (κ3) is 7.95. The van der Waals surface area contributed by atoms with Crippen LogP contribution in [0.5, 0.6) is 0 Å². The lowest BCUT2D eigenvalue weighted by molar-refractivity contribution is -0.397. The number of hydrogen-bond acceptors (Lipinski definition) is 18. The third-order valence-corrected chi connectivity index (χ3v) is 19.8. The maximum atomic E-state index is 13.3. The average Bonchev–Trinajstić information content (AvgIpc) is 3.29. The van der Waals surface area contributed by atoms with Crippen molar-refractivity contribution >= 4 is 11.9 Å². The molecular weight excluding hydrogens is 893 g/mol. The highest BCUT2D eigenvalue weighted by molar-refractivity contribution is 5.80. The maximum Gasteiger partial charge on any atom is 0.311 e. The van der Waals surface area contributed by atoms with Crippen molar-refractivity contribution < 1.29 is 93.8 Å². The minimum Gasteiger partial charge on any atom is -0.481 e. The number of hydrogen-bond donors (Lipinski definition) is 10. The zero-order valence-electron chi connectivity index (χ0n) is 40.7. The number of ether oxygens (including phenoxy) is 7. The Balaban J connectivity index is 1.06. The Labute approximate surface area is 398 Å². The molecule has 68 heavy (non-hydrogen) atoms. The molecule has 3 aliphatic heterocycles. The predicted octanol–water partition coefficient (Wildman–Crippen LogP) is 0.887. The summed E-state index contributed by atoms with van der Waals surface area (Å²) in [6.07, 6.45) is -15.9. The number of carbonyl (C=O) groups excluding carboxylic acids is 1. The fraction of sp³-hybridized carbons (Fsp3) is 0.918. The zero-order valence-corrected chi connectivity index (χ0v) is 40.7. The van der Waals surface area contributed by atoms with E-state index < -0.39 is 134 Å². The molecule has 19 nitrogen and oxygen atoms in total. The fourth-order valence-electron chi connectivity index (χ4n) is 15.3. The van der Waals surface area contributed by atoms with E-state index in [2.05, 4.69) is 40.7 Å². The Kier molecular flexibility index (Phi) is 14.3. The Morgan fingerprint density at radius 3 is 1.81 bits per heavy atom. The second kappa shape index (κ2) is 18.5. The van der Waals surface area contributed by atoms with Gasteiger partial charge in [0.2, 0.25) is 0 Å². The van der Waals surface area contributed by atoms with Crippen LogP contribution in [0.4, 0.5) is 0 Å². The average molecular weight is 971 g/mol. The summed E-state index contributed by atoms with van der Waals surface area (Å²) in [5.74, 6) is -1.07. The van der Waals surface area contributed by atoms with E-state index in [1.54, 1.807) is 0 Å².